The van der Waals surface area contributed by atoms with Gasteiger partial charge in [-0.3, -0.25) is 4.79 Å². The van der Waals surface area contributed by atoms with Gasteiger partial charge in [0.1, 0.15) is 5.82 Å². The normalized spacial score (nSPS) is 13.4. The van der Waals surface area contributed by atoms with Gasteiger partial charge in [0.05, 0.1) is 16.3 Å². The molecule has 0 unspecified atom stereocenters. The molecule has 0 radical (unpaired) electrons. The van der Waals surface area contributed by atoms with E-state index in [1.807, 2.05) is 0 Å². The molecule has 1 amide bonds. The van der Waals surface area contributed by atoms with Crippen LogP contribution in [0.5, 0.6) is 0 Å². The summed E-state index contributed by atoms with van der Waals surface area (Å²) in [5.41, 5.74) is 7.97. The molecule has 0 spiro atoms. The standard InChI is InChI=1S/C15H12ClFN2O/c16-11-2-1-3-12(18)14(11)15(20)19-7-6-9-4-5-10(17)8-13(9)19/h1-5,8H,6-7,18H2. The largest absolute Gasteiger partial charge is 0.398 e. The zero-order chi connectivity index (χ0) is 14.3. The molecule has 1 aliphatic heterocycles. The highest BCUT2D eigenvalue weighted by Crippen LogP contribution is 2.32. The number of nitrogens with two attached hydrogens (primary N) is 1. The second-order valence-electron chi connectivity index (χ2n) is 4.68. The molecule has 102 valence electrons. The van der Waals surface area contributed by atoms with Crippen LogP contribution in [-0.2, 0) is 6.42 Å². The van der Waals surface area contributed by atoms with Gasteiger partial charge in [0.2, 0.25) is 0 Å². The predicted octanol–water partition coefficient (Wildman–Crippen LogP) is 3.26. The number of nitrogens with zero attached hydrogens (tertiary/aromatic N) is 1. The van der Waals surface area contributed by atoms with Crippen LogP contribution < -0.4 is 10.6 Å². The van der Waals surface area contributed by atoms with Gasteiger partial charge in [0.15, 0.2) is 0 Å². The Hall–Kier alpha value is -2.07. The summed E-state index contributed by atoms with van der Waals surface area (Å²) in [6.45, 7) is 0.502. The van der Waals surface area contributed by atoms with Gasteiger partial charge in [-0.2, -0.15) is 0 Å². The minimum Gasteiger partial charge on any atom is -0.398 e. The van der Waals surface area contributed by atoms with E-state index in [0.29, 0.717) is 29.4 Å². The van der Waals surface area contributed by atoms with Gasteiger partial charge in [-0.05, 0) is 36.2 Å². The molecule has 1 aliphatic rings. The van der Waals surface area contributed by atoms with E-state index < -0.39 is 0 Å². The predicted molar refractivity (Wildman–Crippen MR) is 77.6 cm³/mol. The summed E-state index contributed by atoms with van der Waals surface area (Å²) in [7, 11) is 0. The Morgan fingerprint density at radius 1 is 1.30 bits per heavy atom. The summed E-state index contributed by atoms with van der Waals surface area (Å²) in [5.74, 6) is -0.659. The van der Waals surface area contributed by atoms with Gasteiger partial charge in [-0.15, -0.1) is 0 Å². The summed E-state index contributed by atoms with van der Waals surface area (Å²) in [6.07, 6.45) is 0.700. The Bertz CT molecular complexity index is 682. The van der Waals surface area contributed by atoms with Gasteiger partial charge < -0.3 is 10.6 Å². The number of fused-ring (bicyclic) bond motifs is 1. The molecule has 2 aromatic rings. The maximum Gasteiger partial charge on any atom is 0.261 e. The van der Waals surface area contributed by atoms with E-state index in [4.69, 9.17) is 17.3 Å². The molecule has 20 heavy (non-hydrogen) atoms. The molecule has 5 heteroatoms. The van der Waals surface area contributed by atoms with E-state index in [2.05, 4.69) is 0 Å². The topological polar surface area (TPSA) is 46.3 Å². The van der Waals surface area contributed by atoms with Gasteiger partial charge in [0, 0.05) is 12.2 Å². The summed E-state index contributed by atoms with van der Waals surface area (Å²) in [6, 6.07) is 9.40. The highest BCUT2D eigenvalue weighted by molar-refractivity contribution is 6.35. The fraction of sp³-hybridized carbons (Fsp3) is 0.133. The molecule has 0 aliphatic carbocycles. The van der Waals surface area contributed by atoms with Crippen LogP contribution in [-0.4, -0.2) is 12.5 Å². The van der Waals surface area contributed by atoms with E-state index in [-0.39, 0.29) is 17.3 Å². The van der Waals surface area contributed by atoms with Crippen molar-refractivity contribution in [3.8, 4) is 0 Å². The molecule has 0 atom stereocenters. The molecule has 0 saturated heterocycles. The van der Waals surface area contributed by atoms with Crippen molar-refractivity contribution in [2.24, 2.45) is 0 Å². The minimum absolute atomic E-state index is 0.270. The first-order valence-corrected chi connectivity index (χ1v) is 6.60. The van der Waals surface area contributed by atoms with E-state index in [1.54, 1.807) is 24.3 Å². The number of hydrogen-bond donors (Lipinski definition) is 1. The second-order valence-corrected chi connectivity index (χ2v) is 5.09. The molecular weight excluding hydrogens is 279 g/mol. The summed E-state index contributed by atoms with van der Waals surface area (Å²) >= 11 is 6.06. The summed E-state index contributed by atoms with van der Waals surface area (Å²) in [4.78, 5) is 14.1. The molecule has 0 bridgehead atoms. The quantitative estimate of drug-likeness (QED) is 0.819. The number of nitrogen functional groups attached to an aromatic ring is 1. The minimum atomic E-state index is -0.365. The van der Waals surface area contributed by atoms with Crippen molar-refractivity contribution in [2.45, 2.75) is 6.42 Å². The van der Waals surface area contributed by atoms with Crippen molar-refractivity contribution in [1.29, 1.82) is 0 Å². The molecule has 0 saturated carbocycles. The monoisotopic (exact) mass is 290 g/mol. The fourth-order valence-electron chi connectivity index (χ4n) is 2.46. The van der Waals surface area contributed by atoms with Crippen LogP contribution in [0, 0.1) is 5.82 Å². The zero-order valence-corrected chi connectivity index (χ0v) is 11.3. The lowest BCUT2D eigenvalue weighted by atomic mass is 10.1. The smallest absolute Gasteiger partial charge is 0.261 e. The van der Waals surface area contributed by atoms with Crippen molar-refractivity contribution < 1.29 is 9.18 Å². The number of halogens is 2. The zero-order valence-electron chi connectivity index (χ0n) is 10.6. The Balaban J connectivity index is 2.04. The van der Waals surface area contributed by atoms with Crippen LogP contribution >= 0.6 is 11.6 Å². The van der Waals surface area contributed by atoms with Crippen molar-refractivity contribution >= 4 is 28.9 Å². The number of anilines is 2. The Kier molecular flexibility index (Phi) is 3.10. The highest BCUT2D eigenvalue weighted by atomic mass is 35.5. The van der Waals surface area contributed by atoms with Crippen molar-refractivity contribution in [3.05, 3.63) is 58.4 Å². The number of amides is 1. The van der Waals surface area contributed by atoms with Crippen LogP contribution in [0.1, 0.15) is 15.9 Å². The third kappa shape index (κ3) is 2.02. The van der Waals surface area contributed by atoms with Crippen LogP contribution in [0.15, 0.2) is 36.4 Å². The van der Waals surface area contributed by atoms with E-state index in [9.17, 15) is 9.18 Å². The van der Waals surface area contributed by atoms with Crippen LogP contribution in [0.2, 0.25) is 5.02 Å². The van der Waals surface area contributed by atoms with Crippen molar-refractivity contribution in [3.63, 3.8) is 0 Å². The first-order valence-electron chi connectivity index (χ1n) is 6.22. The van der Waals surface area contributed by atoms with Gasteiger partial charge in [0.25, 0.3) is 5.91 Å². The molecule has 3 nitrogen and oxygen atoms in total. The van der Waals surface area contributed by atoms with Crippen molar-refractivity contribution in [2.75, 3.05) is 17.2 Å². The maximum atomic E-state index is 13.4. The lowest BCUT2D eigenvalue weighted by Crippen LogP contribution is -2.29. The van der Waals surface area contributed by atoms with Crippen LogP contribution in [0.3, 0.4) is 0 Å². The summed E-state index contributed by atoms with van der Waals surface area (Å²) in [5, 5.41) is 0.305. The molecule has 3 rings (SSSR count). The van der Waals surface area contributed by atoms with E-state index >= 15 is 0 Å². The maximum absolute atomic E-state index is 13.4. The average molecular weight is 291 g/mol. The van der Waals surface area contributed by atoms with Crippen LogP contribution in [0.4, 0.5) is 15.8 Å². The van der Waals surface area contributed by atoms with Gasteiger partial charge in [-0.1, -0.05) is 23.7 Å². The number of benzene rings is 2. The molecule has 0 aromatic heterocycles. The van der Waals surface area contributed by atoms with E-state index in [0.717, 1.165) is 5.56 Å². The molecule has 0 fully saturated rings. The molecule has 2 aromatic carbocycles. The number of hydrogen-bond acceptors (Lipinski definition) is 2. The molecular formula is C15H12ClFN2O. The number of carbonyl (C=O) groups is 1. The second kappa shape index (κ2) is 4.80. The highest BCUT2D eigenvalue weighted by Gasteiger charge is 2.28. The van der Waals surface area contributed by atoms with Crippen molar-refractivity contribution in [1.82, 2.24) is 0 Å². The lowest BCUT2D eigenvalue weighted by molar-refractivity contribution is 0.0990. The Morgan fingerprint density at radius 2 is 2.10 bits per heavy atom. The Morgan fingerprint density at radius 3 is 2.85 bits per heavy atom. The third-order valence-electron chi connectivity index (χ3n) is 3.45. The van der Waals surface area contributed by atoms with Gasteiger partial charge in [-0.25, -0.2) is 4.39 Å². The molecule has 1 heterocycles. The first kappa shape index (κ1) is 12.9. The molecule has 2 N–H and O–H groups in total. The number of carbonyl (C=O) groups excluding carboxylic acids is 1. The average Bonchev–Trinajstić information content (AvgIpc) is 2.81. The Labute approximate surface area is 120 Å². The number of rotatable bonds is 1. The third-order valence-corrected chi connectivity index (χ3v) is 3.76. The first-order chi connectivity index (χ1) is 9.58. The van der Waals surface area contributed by atoms with E-state index in [1.165, 1.54) is 17.0 Å². The van der Waals surface area contributed by atoms with Gasteiger partial charge >= 0.3 is 0 Å². The lowest BCUT2D eigenvalue weighted by Gasteiger charge is -2.19. The van der Waals surface area contributed by atoms with Crippen LogP contribution in [0.25, 0.3) is 0 Å². The summed E-state index contributed by atoms with van der Waals surface area (Å²) < 4.78 is 13.4. The SMILES string of the molecule is Nc1cccc(Cl)c1C(=O)N1CCc2ccc(F)cc21. The fourth-order valence-corrected chi connectivity index (χ4v) is 2.73.